The van der Waals surface area contributed by atoms with Gasteiger partial charge in [-0.25, -0.2) is 10.0 Å². The van der Waals surface area contributed by atoms with Gasteiger partial charge in [0, 0.05) is 17.5 Å². The third-order valence-corrected chi connectivity index (χ3v) is 10.9. The standard InChI is InChI=1S/C31H41N3O8/c1-29-12-9-20(16-19(29)7-8-22-23(29)10-13-30(2)24(22)11-14-31(30,3)39)33-42-17-25(35)32-26(28(37)38)27(36)18-5-4-6-21(15-18)34(40)41/h4-6,9,12,15-16,22-24,26-27,34,36,39-40H,7-8,10-11,13-14,17H2,1-3H3,(H,32,35)(H,37,38)/t22-,23+,24+,26+,27-,29+,30+,31+/m1/s1. The number of carboxylic acid groups (broad SMARTS) is 1. The van der Waals surface area contributed by atoms with Crippen LogP contribution in [0.4, 0.5) is 5.69 Å². The Morgan fingerprint density at radius 3 is 2.64 bits per heavy atom. The number of benzene rings is 1. The number of carbonyl (C=O) groups excluding carboxylic acids is 1. The van der Waals surface area contributed by atoms with E-state index in [1.165, 1.54) is 23.8 Å². The zero-order chi connectivity index (χ0) is 30.4. The van der Waals surface area contributed by atoms with Crippen LogP contribution in [-0.4, -0.2) is 56.4 Å². The molecule has 1 amide bonds. The molecule has 0 spiro atoms. The molecule has 6 N–H and O–H groups in total. The number of fused-ring (bicyclic) bond motifs is 5. The zero-order valence-corrected chi connectivity index (χ0v) is 24.2. The summed E-state index contributed by atoms with van der Waals surface area (Å²) in [5, 5.41) is 56.8. The number of aliphatic hydroxyl groups excluding tert-OH is 1. The van der Waals surface area contributed by atoms with Gasteiger partial charge >= 0.3 is 5.97 Å². The van der Waals surface area contributed by atoms with Crippen LogP contribution in [0.3, 0.4) is 0 Å². The molecule has 4 aliphatic carbocycles. The van der Waals surface area contributed by atoms with Crippen molar-refractivity contribution in [2.75, 3.05) is 6.61 Å². The highest BCUT2D eigenvalue weighted by atomic mass is 16.8. The Kier molecular flexibility index (Phi) is 8.10. The third-order valence-electron chi connectivity index (χ3n) is 10.9. The van der Waals surface area contributed by atoms with Crippen LogP contribution in [0.25, 0.3) is 0 Å². The van der Waals surface area contributed by atoms with Crippen molar-refractivity contribution in [3.05, 3.63) is 58.8 Å². The van der Waals surface area contributed by atoms with E-state index >= 15 is 0 Å². The van der Waals surface area contributed by atoms with Gasteiger partial charge in [-0.2, -0.15) is 5.23 Å². The minimum Gasteiger partial charge on any atom is -0.595 e. The second-order valence-electron chi connectivity index (χ2n) is 13.0. The molecule has 228 valence electrons. The third kappa shape index (κ3) is 5.28. The summed E-state index contributed by atoms with van der Waals surface area (Å²) in [6.07, 6.45) is 10.4. The van der Waals surface area contributed by atoms with Crippen molar-refractivity contribution >= 4 is 23.3 Å². The minimum absolute atomic E-state index is 0.0383. The highest BCUT2D eigenvalue weighted by Crippen LogP contribution is 2.66. The fraction of sp³-hybridized carbons (Fsp3) is 0.581. The Morgan fingerprint density at radius 2 is 1.93 bits per heavy atom. The van der Waals surface area contributed by atoms with Crippen LogP contribution in [-0.2, 0) is 14.4 Å². The number of hydrogen-bond donors (Lipinski definition) is 6. The molecule has 0 aromatic heterocycles. The number of nitrogens with one attached hydrogen (secondary N) is 2. The van der Waals surface area contributed by atoms with E-state index in [-0.39, 0.29) is 22.1 Å². The van der Waals surface area contributed by atoms with Crippen LogP contribution >= 0.6 is 0 Å². The van der Waals surface area contributed by atoms with Crippen molar-refractivity contribution in [1.29, 1.82) is 0 Å². The molecule has 0 bridgehead atoms. The Bertz CT molecular complexity index is 1320. The van der Waals surface area contributed by atoms with Crippen LogP contribution in [0.15, 0.2) is 53.2 Å². The van der Waals surface area contributed by atoms with Crippen molar-refractivity contribution < 1.29 is 40.2 Å². The van der Waals surface area contributed by atoms with Gasteiger partial charge in [-0.05, 0) is 86.3 Å². The largest absolute Gasteiger partial charge is 0.595 e. The maximum Gasteiger partial charge on any atom is 0.329 e. The highest BCUT2D eigenvalue weighted by molar-refractivity contribution is 6.05. The molecule has 5 rings (SSSR count). The number of amides is 1. The summed E-state index contributed by atoms with van der Waals surface area (Å²) in [7, 11) is 0. The van der Waals surface area contributed by atoms with Crippen molar-refractivity contribution in [3.63, 3.8) is 0 Å². The molecule has 0 aliphatic heterocycles. The first kappa shape index (κ1) is 30.4. The van der Waals surface area contributed by atoms with Gasteiger partial charge in [-0.1, -0.05) is 42.8 Å². The lowest BCUT2D eigenvalue weighted by Crippen LogP contribution is -2.99. The molecule has 9 atom stereocenters. The van der Waals surface area contributed by atoms with Gasteiger partial charge in [-0.15, -0.1) is 0 Å². The topological polar surface area (TPSA) is 176 Å². The summed E-state index contributed by atoms with van der Waals surface area (Å²) in [5.41, 5.74) is 1.03. The summed E-state index contributed by atoms with van der Waals surface area (Å²) >= 11 is 0. The van der Waals surface area contributed by atoms with E-state index in [0.29, 0.717) is 23.5 Å². The van der Waals surface area contributed by atoms with Gasteiger partial charge < -0.3 is 30.7 Å². The van der Waals surface area contributed by atoms with Gasteiger partial charge in [0.2, 0.25) is 0 Å². The molecule has 1 unspecified atom stereocenters. The molecule has 42 heavy (non-hydrogen) atoms. The Hall–Kier alpha value is -3.09. The van der Waals surface area contributed by atoms with E-state index in [1.807, 2.05) is 19.1 Å². The number of oxime groups is 1. The second-order valence-corrected chi connectivity index (χ2v) is 13.0. The second kappa shape index (κ2) is 11.2. The summed E-state index contributed by atoms with van der Waals surface area (Å²) in [5.74, 6) is -0.710. The number of nitrogens with zero attached hydrogens (tertiary/aromatic N) is 1. The predicted octanol–water partition coefficient (Wildman–Crippen LogP) is 2.56. The maximum absolute atomic E-state index is 12.5. The summed E-state index contributed by atoms with van der Waals surface area (Å²) in [6.45, 7) is 6.02. The Labute approximate surface area is 245 Å². The molecular weight excluding hydrogens is 542 g/mol. The van der Waals surface area contributed by atoms with Gasteiger partial charge in [0.25, 0.3) is 5.91 Å². The van der Waals surface area contributed by atoms with Gasteiger partial charge in [0.1, 0.15) is 11.8 Å². The first-order chi connectivity index (χ1) is 19.8. The summed E-state index contributed by atoms with van der Waals surface area (Å²) in [4.78, 5) is 29.5. The Balaban J connectivity index is 1.20. The number of carbonyl (C=O) groups is 2. The predicted molar refractivity (Wildman–Crippen MR) is 152 cm³/mol. The first-order valence-electron chi connectivity index (χ1n) is 14.6. The van der Waals surface area contributed by atoms with Crippen molar-refractivity contribution in [1.82, 2.24) is 5.32 Å². The first-order valence-corrected chi connectivity index (χ1v) is 14.6. The lowest BCUT2D eigenvalue weighted by molar-refractivity contribution is -0.991. The van der Waals surface area contributed by atoms with Crippen LogP contribution in [0.1, 0.15) is 71.0 Å². The normalized spacial score (nSPS) is 36.6. The lowest BCUT2D eigenvalue weighted by atomic mass is 9.47. The quantitative estimate of drug-likeness (QED) is 0.253. The molecule has 0 heterocycles. The molecule has 3 fully saturated rings. The average Bonchev–Trinajstić information content (AvgIpc) is 3.19. The van der Waals surface area contributed by atoms with E-state index in [2.05, 4.69) is 30.4 Å². The van der Waals surface area contributed by atoms with Crippen molar-refractivity contribution in [2.24, 2.45) is 33.7 Å². The van der Waals surface area contributed by atoms with E-state index < -0.39 is 41.5 Å². The maximum atomic E-state index is 12.5. The number of hydrogen-bond acceptors (Lipinski definition) is 8. The number of allylic oxidation sites excluding steroid dienone is 4. The number of carboxylic acids is 1. The van der Waals surface area contributed by atoms with Gasteiger partial charge in [0.05, 0.1) is 5.60 Å². The zero-order valence-electron chi connectivity index (χ0n) is 24.2. The molecular formula is C31H41N3O8. The molecule has 11 nitrogen and oxygen atoms in total. The molecule has 3 saturated carbocycles. The van der Waals surface area contributed by atoms with Crippen LogP contribution in [0.5, 0.6) is 0 Å². The van der Waals surface area contributed by atoms with Gasteiger partial charge in [0.15, 0.2) is 18.3 Å². The van der Waals surface area contributed by atoms with Crippen LogP contribution in [0, 0.1) is 33.8 Å². The molecule has 0 saturated heterocycles. The SMILES string of the molecule is C[C@]12C=CC(=NOCC(=O)N[C@H](C(=O)O)[C@H](O)c3cccc([NH+]([O-])O)c3)C=C1CC[C@@H]1[C@@H]2CC[C@@]2(C)[C@H]1CC[C@]2(C)O. The van der Waals surface area contributed by atoms with Crippen molar-refractivity contribution in [3.8, 4) is 0 Å². The average molecular weight is 584 g/mol. The van der Waals surface area contributed by atoms with Crippen LogP contribution < -0.4 is 10.5 Å². The monoisotopic (exact) mass is 583 g/mol. The smallest absolute Gasteiger partial charge is 0.329 e. The number of aliphatic carboxylic acids is 1. The van der Waals surface area contributed by atoms with E-state index in [0.717, 1.165) is 44.6 Å². The van der Waals surface area contributed by atoms with Crippen molar-refractivity contribution in [2.45, 2.75) is 77.0 Å². The number of quaternary nitrogens is 1. The van der Waals surface area contributed by atoms with E-state index in [4.69, 9.17) is 10.0 Å². The summed E-state index contributed by atoms with van der Waals surface area (Å²) < 4.78 is 0. The molecule has 1 aromatic carbocycles. The highest BCUT2D eigenvalue weighted by Gasteiger charge is 2.62. The van der Waals surface area contributed by atoms with Crippen LogP contribution in [0.2, 0.25) is 0 Å². The minimum atomic E-state index is -1.72. The Morgan fingerprint density at radius 1 is 1.19 bits per heavy atom. The van der Waals surface area contributed by atoms with E-state index in [1.54, 1.807) is 0 Å². The number of aliphatic hydroxyl groups is 2. The number of rotatable bonds is 8. The molecule has 0 radical (unpaired) electrons. The fourth-order valence-electron chi connectivity index (χ4n) is 8.21. The van der Waals surface area contributed by atoms with E-state index in [9.17, 15) is 30.1 Å². The molecule has 4 aliphatic rings. The molecule has 1 aromatic rings. The van der Waals surface area contributed by atoms with Gasteiger partial charge in [-0.3, -0.25) is 4.79 Å². The molecule has 11 heteroatoms. The summed E-state index contributed by atoms with van der Waals surface area (Å²) in [6, 6.07) is 3.52. The lowest BCUT2D eigenvalue weighted by Gasteiger charge is -2.58. The fourth-order valence-corrected chi connectivity index (χ4v) is 8.21.